The maximum atomic E-state index is 11.9. The lowest BCUT2D eigenvalue weighted by atomic mass is 10.2. The highest BCUT2D eigenvalue weighted by molar-refractivity contribution is 5.88. The number of urea groups is 1. The van der Waals surface area contributed by atoms with Crippen molar-refractivity contribution >= 4 is 12.0 Å². The van der Waals surface area contributed by atoms with Gasteiger partial charge < -0.3 is 24.8 Å². The van der Waals surface area contributed by atoms with Crippen LogP contribution < -0.4 is 5.32 Å². The van der Waals surface area contributed by atoms with Crippen LogP contribution in [0.5, 0.6) is 0 Å². The molecule has 0 aliphatic heterocycles. The summed E-state index contributed by atoms with van der Waals surface area (Å²) in [7, 11) is 0. The first kappa shape index (κ1) is 16.0. The number of carboxylic acids is 1. The Morgan fingerprint density at radius 1 is 1.40 bits per heavy atom. The van der Waals surface area contributed by atoms with E-state index in [0.29, 0.717) is 18.1 Å². The third-order valence-corrected chi connectivity index (χ3v) is 2.76. The van der Waals surface area contributed by atoms with Gasteiger partial charge in [-0.3, -0.25) is 0 Å². The van der Waals surface area contributed by atoms with Gasteiger partial charge in [-0.2, -0.15) is 0 Å². The molecule has 0 unspecified atom stereocenters. The Morgan fingerprint density at radius 3 is 2.60 bits per heavy atom. The number of hydrogen-bond acceptors (Lipinski definition) is 4. The van der Waals surface area contributed by atoms with Crippen LogP contribution in [-0.4, -0.2) is 46.8 Å². The van der Waals surface area contributed by atoms with Crippen molar-refractivity contribution in [1.29, 1.82) is 0 Å². The van der Waals surface area contributed by atoms with Crippen molar-refractivity contribution < 1.29 is 24.2 Å². The molecule has 2 amide bonds. The number of rotatable bonds is 7. The quantitative estimate of drug-likeness (QED) is 0.698. The van der Waals surface area contributed by atoms with Gasteiger partial charge >= 0.3 is 12.0 Å². The standard InChI is InChI=1S/C13H20N2O5/c1-3-4-15(5-6-16)13(19)14-8-10-7-11(12(17)18)9(2)20-10/h7,16H,3-6,8H2,1-2H3,(H,14,19)(H,17,18). The predicted octanol–water partition coefficient (Wildman–Crippen LogP) is 1.20. The first-order valence-corrected chi connectivity index (χ1v) is 6.45. The minimum atomic E-state index is -1.06. The van der Waals surface area contributed by atoms with Crippen LogP contribution in [0.3, 0.4) is 0 Å². The molecule has 112 valence electrons. The van der Waals surface area contributed by atoms with Gasteiger partial charge in [-0.1, -0.05) is 6.92 Å². The molecule has 0 fully saturated rings. The number of aliphatic hydroxyl groups excluding tert-OH is 1. The largest absolute Gasteiger partial charge is 0.478 e. The second kappa shape index (κ2) is 7.54. The molecule has 7 heteroatoms. The van der Waals surface area contributed by atoms with Crippen LogP contribution in [0.4, 0.5) is 4.79 Å². The van der Waals surface area contributed by atoms with Gasteiger partial charge in [0.1, 0.15) is 17.1 Å². The molecule has 1 aromatic heterocycles. The Balaban J connectivity index is 2.59. The van der Waals surface area contributed by atoms with E-state index in [-0.39, 0.29) is 31.3 Å². The lowest BCUT2D eigenvalue weighted by Crippen LogP contribution is -2.41. The Kier molecular flexibility index (Phi) is 6.05. The van der Waals surface area contributed by atoms with E-state index in [9.17, 15) is 9.59 Å². The summed E-state index contributed by atoms with van der Waals surface area (Å²) >= 11 is 0. The van der Waals surface area contributed by atoms with Crippen molar-refractivity contribution in [3.05, 3.63) is 23.2 Å². The van der Waals surface area contributed by atoms with Crippen LogP contribution in [0.2, 0.25) is 0 Å². The normalized spacial score (nSPS) is 10.3. The van der Waals surface area contributed by atoms with Crippen LogP contribution in [0.1, 0.15) is 35.2 Å². The molecule has 0 aromatic carbocycles. The van der Waals surface area contributed by atoms with E-state index in [0.717, 1.165) is 6.42 Å². The number of hydrogen-bond donors (Lipinski definition) is 3. The zero-order valence-corrected chi connectivity index (χ0v) is 11.7. The van der Waals surface area contributed by atoms with Crippen molar-refractivity contribution in [1.82, 2.24) is 10.2 Å². The van der Waals surface area contributed by atoms with E-state index in [1.807, 2.05) is 6.92 Å². The van der Waals surface area contributed by atoms with E-state index < -0.39 is 5.97 Å². The SMILES string of the molecule is CCCN(CCO)C(=O)NCc1cc(C(=O)O)c(C)o1. The highest BCUT2D eigenvalue weighted by atomic mass is 16.4. The van der Waals surface area contributed by atoms with Crippen molar-refractivity contribution in [3.63, 3.8) is 0 Å². The predicted molar refractivity (Wildman–Crippen MR) is 71.6 cm³/mol. The van der Waals surface area contributed by atoms with Crippen LogP contribution in [0.15, 0.2) is 10.5 Å². The number of amides is 2. The molecule has 3 N–H and O–H groups in total. The number of carbonyl (C=O) groups is 2. The van der Waals surface area contributed by atoms with E-state index in [4.69, 9.17) is 14.6 Å². The van der Waals surface area contributed by atoms with Gasteiger partial charge in [-0.25, -0.2) is 9.59 Å². The zero-order valence-electron chi connectivity index (χ0n) is 11.7. The van der Waals surface area contributed by atoms with Crippen molar-refractivity contribution in [2.24, 2.45) is 0 Å². The molecular formula is C13H20N2O5. The molecule has 0 aliphatic rings. The van der Waals surface area contributed by atoms with E-state index in [1.165, 1.54) is 11.0 Å². The van der Waals surface area contributed by atoms with Gasteiger partial charge in [-0.15, -0.1) is 0 Å². The third-order valence-electron chi connectivity index (χ3n) is 2.76. The van der Waals surface area contributed by atoms with Crippen LogP contribution in [-0.2, 0) is 6.54 Å². The summed E-state index contributed by atoms with van der Waals surface area (Å²) in [5.74, 6) is -0.368. The summed E-state index contributed by atoms with van der Waals surface area (Å²) in [6.07, 6.45) is 0.788. The Labute approximate surface area is 117 Å². The van der Waals surface area contributed by atoms with Gasteiger partial charge in [0.25, 0.3) is 0 Å². The minimum Gasteiger partial charge on any atom is -0.478 e. The second-order valence-electron chi connectivity index (χ2n) is 4.36. The Morgan fingerprint density at radius 2 is 2.10 bits per heavy atom. The molecule has 0 saturated carbocycles. The number of carbonyl (C=O) groups excluding carboxylic acids is 1. The summed E-state index contributed by atoms with van der Waals surface area (Å²) in [5, 5.41) is 20.4. The molecule has 20 heavy (non-hydrogen) atoms. The molecule has 0 radical (unpaired) electrons. The van der Waals surface area contributed by atoms with Crippen LogP contribution in [0.25, 0.3) is 0 Å². The maximum absolute atomic E-state index is 11.9. The molecule has 0 bridgehead atoms. The van der Waals surface area contributed by atoms with Crippen molar-refractivity contribution in [2.75, 3.05) is 19.7 Å². The number of aliphatic hydroxyl groups is 1. The number of furan rings is 1. The fourth-order valence-corrected chi connectivity index (χ4v) is 1.82. The molecular weight excluding hydrogens is 264 g/mol. The van der Waals surface area contributed by atoms with Gasteiger partial charge in [0.15, 0.2) is 0 Å². The summed E-state index contributed by atoms with van der Waals surface area (Å²) in [5.41, 5.74) is 0.0926. The lowest BCUT2D eigenvalue weighted by molar-refractivity contribution is 0.0695. The van der Waals surface area contributed by atoms with Gasteiger partial charge in [0.2, 0.25) is 0 Å². The molecule has 0 atom stereocenters. The zero-order chi connectivity index (χ0) is 15.1. The Hall–Kier alpha value is -2.02. The van der Waals surface area contributed by atoms with Gasteiger partial charge in [0, 0.05) is 13.1 Å². The third kappa shape index (κ3) is 4.27. The van der Waals surface area contributed by atoms with Crippen molar-refractivity contribution in [3.8, 4) is 0 Å². The van der Waals surface area contributed by atoms with Gasteiger partial charge in [-0.05, 0) is 19.4 Å². The number of nitrogens with zero attached hydrogens (tertiary/aromatic N) is 1. The number of aromatic carboxylic acids is 1. The smallest absolute Gasteiger partial charge is 0.339 e. The second-order valence-corrected chi connectivity index (χ2v) is 4.36. The minimum absolute atomic E-state index is 0.0926. The highest BCUT2D eigenvalue weighted by Crippen LogP contribution is 2.14. The maximum Gasteiger partial charge on any atom is 0.339 e. The summed E-state index contributed by atoms with van der Waals surface area (Å²) in [6.45, 7) is 4.31. The highest BCUT2D eigenvalue weighted by Gasteiger charge is 2.16. The molecule has 1 aromatic rings. The average Bonchev–Trinajstić information content (AvgIpc) is 2.77. The molecule has 1 heterocycles. The first-order valence-electron chi connectivity index (χ1n) is 6.45. The first-order chi connectivity index (χ1) is 9.49. The molecule has 7 nitrogen and oxygen atoms in total. The monoisotopic (exact) mass is 284 g/mol. The summed E-state index contributed by atoms with van der Waals surface area (Å²) in [4.78, 5) is 24.2. The van der Waals surface area contributed by atoms with E-state index >= 15 is 0 Å². The molecule has 1 rings (SSSR count). The fraction of sp³-hybridized carbons (Fsp3) is 0.538. The number of carboxylic acid groups (broad SMARTS) is 1. The van der Waals surface area contributed by atoms with Crippen LogP contribution >= 0.6 is 0 Å². The Bertz CT molecular complexity index is 463. The summed E-state index contributed by atoms with van der Waals surface area (Å²) in [6, 6.07) is 1.08. The number of nitrogens with one attached hydrogen (secondary N) is 1. The van der Waals surface area contributed by atoms with Gasteiger partial charge in [0.05, 0.1) is 13.2 Å². The topological polar surface area (TPSA) is 103 Å². The fourth-order valence-electron chi connectivity index (χ4n) is 1.82. The summed E-state index contributed by atoms with van der Waals surface area (Å²) < 4.78 is 5.26. The van der Waals surface area contributed by atoms with E-state index in [1.54, 1.807) is 6.92 Å². The van der Waals surface area contributed by atoms with E-state index in [2.05, 4.69) is 5.32 Å². The average molecular weight is 284 g/mol. The van der Waals surface area contributed by atoms with Crippen LogP contribution in [0, 0.1) is 6.92 Å². The molecule has 0 saturated heterocycles. The van der Waals surface area contributed by atoms with Crippen molar-refractivity contribution in [2.45, 2.75) is 26.8 Å². The molecule has 0 aliphatic carbocycles. The molecule has 0 spiro atoms. The number of aryl methyl sites for hydroxylation is 1. The lowest BCUT2D eigenvalue weighted by Gasteiger charge is -2.21.